The standard InChI is InChI=1S/C13H16F2O3/c1-3-18-12(17)13(2,6-7-16)10-8-9(14)4-5-11(10)15/h4-5,8,16H,3,6-7H2,1-2H3. The molecule has 5 heteroatoms. The Bertz CT molecular complexity index is 434. The first-order chi connectivity index (χ1) is 8.45. The normalized spacial score (nSPS) is 14.1. The van der Waals surface area contributed by atoms with Crippen LogP contribution in [-0.2, 0) is 14.9 Å². The highest BCUT2D eigenvalue weighted by atomic mass is 19.1. The van der Waals surface area contributed by atoms with Crippen molar-refractivity contribution in [1.29, 1.82) is 0 Å². The Hall–Kier alpha value is -1.49. The molecule has 0 spiro atoms. The molecular formula is C13H16F2O3. The number of hydrogen-bond donors (Lipinski definition) is 1. The van der Waals surface area contributed by atoms with E-state index in [0.717, 1.165) is 18.2 Å². The monoisotopic (exact) mass is 258 g/mol. The van der Waals surface area contributed by atoms with Crippen LogP contribution in [0.4, 0.5) is 8.78 Å². The van der Waals surface area contributed by atoms with Gasteiger partial charge in [0.2, 0.25) is 0 Å². The molecule has 0 aliphatic rings. The number of benzene rings is 1. The Morgan fingerprint density at radius 2 is 2.11 bits per heavy atom. The molecule has 1 aromatic carbocycles. The highest BCUT2D eigenvalue weighted by Crippen LogP contribution is 2.31. The van der Waals surface area contributed by atoms with E-state index in [1.807, 2.05) is 0 Å². The first-order valence-electron chi connectivity index (χ1n) is 5.69. The number of aliphatic hydroxyl groups is 1. The molecule has 3 nitrogen and oxygen atoms in total. The summed E-state index contributed by atoms with van der Waals surface area (Å²) in [5.74, 6) is -2.01. The molecule has 18 heavy (non-hydrogen) atoms. The second-order valence-corrected chi connectivity index (χ2v) is 4.15. The molecule has 1 aromatic rings. The summed E-state index contributed by atoms with van der Waals surface area (Å²) in [6.07, 6.45) is -0.0355. The first kappa shape index (κ1) is 14.6. The molecule has 100 valence electrons. The van der Waals surface area contributed by atoms with E-state index < -0.39 is 23.0 Å². The van der Waals surface area contributed by atoms with E-state index in [4.69, 9.17) is 9.84 Å². The molecular weight excluding hydrogens is 242 g/mol. The average molecular weight is 258 g/mol. The van der Waals surface area contributed by atoms with Crippen LogP contribution in [0.1, 0.15) is 25.8 Å². The van der Waals surface area contributed by atoms with Gasteiger partial charge in [-0.2, -0.15) is 0 Å². The lowest BCUT2D eigenvalue weighted by Gasteiger charge is -2.27. The fourth-order valence-electron chi connectivity index (χ4n) is 1.78. The van der Waals surface area contributed by atoms with Crippen molar-refractivity contribution in [3.63, 3.8) is 0 Å². The van der Waals surface area contributed by atoms with E-state index >= 15 is 0 Å². The first-order valence-corrected chi connectivity index (χ1v) is 5.69. The smallest absolute Gasteiger partial charge is 0.316 e. The Morgan fingerprint density at radius 1 is 1.44 bits per heavy atom. The number of aliphatic hydroxyl groups excluding tert-OH is 1. The molecule has 0 aliphatic carbocycles. The minimum atomic E-state index is -1.39. The maximum absolute atomic E-state index is 13.7. The van der Waals surface area contributed by atoms with Crippen molar-refractivity contribution in [2.75, 3.05) is 13.2 Å². The van der Waals surface area contributed by atoms with Crippen LogP contribution >= 0.6 is 0 Å². The Balaban J connectivity index is 3.25. The van der Waals surface area contributed by atoms with Crippen LogP contribution in [0.3, 0.4) is 0 Å². The Labute approximate surface area is 104 Å². The third kappa shape index (κ3) is 2.85. The quantitative estimate of drug-likeness (QED) is 0.823. The van der Waals surface area contributed by atoms with Gasteiger partial charge in [-0.05, 0) is 38.5 Å². The van der Waals surface area contributed by atoms with Gasteiger partial charge in [0.05, 0.1) is 12.0 Å². The molecule has 0 aromatic heterocycles. The summed E-state index contributed by atoms with van der Waals surface area (Å²) >= 11 is 0. The van der Waals surface area contributed by atoms with Gasteiger partial charge in [0.15, 0.2) is 0 Å². The summed E-state index contributed by atoms with van der Waals surface area (Å²) in [4.78, 5) is 11.9. The zero-order valence-corrected chi connectivity index (χ0v) is 10.4. The molecule has 1 rings (SSSR count). The van der Waals surface area contributed by atoms with Crippen molar-refractivity contribution in [2.24, 2.45) is 0 Å². The van der Waals surface area contributed by atoms with Gasteiger partial charge in [0.1, 0.15) is 11.6 Å². The number of esters is 1. The third-order valence-electron chi connectivity index (χ3n) is 2.86. The molecule has 0 saturated carbocycles. The summed E-state index contributed by atoms with van der Waals surface area (Å²) < 4.78 is 31.8. The lowest BCUT2D eigenvalue weighted by atomic mass is 9.79. The maximum atomic E-state index is 13.7. The predicted molar refractivity (Wildman–Crippen MR) is 62.0 cm³/mol. The molecule has 1 N–H and O–H groups in total. The van der Waals surface area contributed by atoms with Gasteiger partial charge >= 0.3 is 5.97 Å². The van der Waals surface area contributed by atoms with Crippen LogP contribution in [0.15, 0.2) is 18.2 Å². The van der Waals surface area contributed by atoms with Gasteiger partial charge in [0.25, 0.3) is 0 Å². The number of carbonyl (C=O) groups excluding carboxylic acids is 1. The van der Waals surface area contributed by atoms with Crippen molar-refractivity contribution in [1.82, 2.24) is 0 Å². The van der Waals surface area contributed by atoms with Gasteiger partial charge in [0, 0.05) is 12.2 Å². The SMILES string of the molecule is CCOC(=O)C(C)(CCO)c1cc(F)ccc1F. The zero-order chi connectivity index (χ0) is 13.8. The summed E-state index contributed by atoms with van der Waals surface area (Å²) in [5, 5.41) is 9.02. The van der Waals surface area contributed by atoms with Crippen molar-refractivity contribution >= 4 is 5.97 Å². The number of rotatable bonds is 5. The van der Waals surface area contributed by atoms with E-state index in [2.05, 4.69) is 0 Å². The summed E-state index contributed by atoms with van der Waals surface area (Å²) in [6, 6.07) is 2.89. The molecule has 0 aliphatic heterocycles. The van der Waals surface area contributed by atoms with Crippen LogP contribution in [-0.4, -0.2) is 24.3 Å². The van der Waals surface area contributed by atoms with Crippen LogP contribution in [0.25, 0.3) is 0 Å². The predicted octanol–water partition coefficient (Wildman–Crippen LogP) is 2.17. The van der Waals surface area contributed by atoms with E-state index in [0.29, 0.717) is 0 Å². The van der Waals surface area contributed by atoms with Gasteiger partial charge < -0.3 is 9.84 Å². The lowest BCUT2D eigenvalue weighted by Crippen LogP contribution is -2.36. The number of carbonyl (C=O) groups is 1. The minimum absolute atomic E-state index is 0.0355. The molecule has 0 heterocycles. The van der Waals surface area contributed by atoms with Crippen LogP contribution < -0.4 is 0 Å². The molecule has 1 unspecified atom stereocenters. The summed E-state index contributed by atoms with van der Waals surface area (Å²) in [5.41, 5.74) is -1.49. The number of ether oxygens (including phenoxy) is 1. The van der Waals surface area contributed by atoms with Crippen molar-refractivity contribution in [3.8, 4) is 0 Å². The molecule has 0 amide bonds. The lowest BCUT2D eigenvalue weighted by molar-refractivity contribution is -0.150. The minimum Gasteiger partial charge on any atom is -0.465 e. The van der Waals surface area contributed by atoms with Crippen molar-refractivity contribution in [3.05, 3.63) is 35.4 Å². The van der Waals surface area contributed by atoms with Gasteiger partial charge in [-0.25, -0.2) is 8.78 Å². The molecule has 0 bridgehead atoms. The fourth-order valence-corrected chi connectivity index (χ4v) is 1.78. The largest absolute Gasteiger partial charge is 0.465 e. The highest BCUT2D eigenvalue weighted by Gasteiger charge is 2.38. The number of halogens is 2. The summed E-state index contributed by atoms with van der Waals surface area (Å²) in [7, 11) is 0. The highest BCUT2D eigenvalue weighted by molar-refractivity contribution is 5.82. The fraction of sp³-hybridized carbons (Fsp3) is 0.462. The van der Waals surface area contributed by atoms with Crippen LogP contribution in [0.5, 0.6) is 0 Å². The van der Waals surface area contributed by atoms with Gasteiger partial charge in [-0.3, -0.25) is 4.79 Å². The van der Waals surface area contributed by atoms with Crippen LogP contribution in [0, 0.1) is 11.6 Å². The van der Waals surface area contributed by atoms with E-state index in [1.165, 1.54) is 6.92 Å². The van der Waals surface area contributed by atoms with Crippen molar-refractivity contribution < 1.29 is 23.4 Å². The molecule has 1 atom stereocenters. The third-order valence-corrected chi connectivity index (χ3v) is 2.86. The Kier molecular flexibility index (Phi) is 4.78. The van der Waals surface area contributed by atoms with Crippen LogP contribution in [0.2, 0.25) is 0 Å². The topological polar surface area (TPSA) is 46.5 Å². The summed E-state index contributed by atoms with van der Waals surface area (Å²) in [6.45, 7) is 2.86. The zero-order valence-electron chi connectivity index (χ0n) is 10.4. The average Bonchev–Trinajstić information content (AvgIpc) is 2.32. The number of hydrogen-bond acceptors (Lipinski definition) is 3. The van der Waals surface area contributed by atoms with E-state index in [1.54, 1.807) is 6.92 Å². The molecule has 0 saturated heterocycles. The molecule has 0 fully saturated rings. The van der Waals surface area contributed by atoms with Crippen molar-refractivity contribution in [2.45, 2.75) is 25.7 Å². The van der Waals surface area contributed by atoms with Gasteiger partial charge in [-0.1, -0.05) is 0 Å². The van der Waals surface area contributed by atoms with E-state index in [9.17, 15) is 13.6 Å². The second kappa shape index (κ2) is 5.91. The second-order valence-electron chi connectivity index (χ2n) is 4.15. The molecule has 0 radical (unpaired) electrons. The Morgan fingerprint density at radius 3 is 2.67 bits per heavy atom. The maximum Gasteiger partial charge on any atom is 0.316 e. The van der Waals surface area contributed by atoms with E-state index in [-0.39, 0.29) is 25.2 Å². The van der Waals surface area contributed by atoms with Gasteiger partial charge in [-0.15, -0.1) is 0 Å².